The van der Waals surface area contributed by atoms with E-state index >= 15 is 0 Å². The van der Waals surface area contributed by atoms with Crippen molar-refractivity contribution in [1.82, 2.24) is 74.1 Å². The predicted molar refractivity (Wildman–Crippen MR) is 497 cm³/mol. The largest absolute Gasteiger partial charge is 0.360 e. The molecule has 0 spiro atoms. The molecule has 4 aromatic carbocycles. The molecule has 0 atom stereocenters. The van der Waals surface area contributed by atoms with Crippen LogP contribution in [-0.2, 0) is 98.7 Å². The fraction of sp³-hybridized carbons (Fsp3) is 0.294. The third kappa shape index (κ3) is 12.9. The van der Waals surface area contributed by atoms with Crippen LogP contribution >= 0.6 is 0 Å². The van der Waals surface area contributed by atoms with Gasteiger partial charge in [-0.05, 0) is 181 Å². The van der Waals surface area contributed by atoms with Gasteiger partial charge in [0.25, 0.3) is 22.8 Å². The lowest BCUT2D eigenvalue weighted by Gasteiger charge is -2.10. The number of hydrogen-bond acceptors (Lipinski definition) is 4. The van der Waals surface area contributed by atoms with Gasteiger partial charge < -0.3 is 18.3 Å². The van der Waals surface area contributed by atoms with Gasteiger partial charge in [-0.3, -0.25) is 17.6 Å². The van der Waals surface area contributed by atoms with Crippen molar-refractivity contribution >= 4 is 45.2 Å². The van der Waals surface area contributed by atoms with Crippen molar-refractivity contribution < 1.29 is 61.2 Å². The van der Waals surface area contributed by atoms with Gasteiger partial charge in [-0.1, -0.05) is 60.7 Å². The van der Waals surface area contributed by atoms with Crippen molar-refractivity contribution in [2.45, 2.75) is 110 Å². The molecule has 0 saturated heterocycles. The number of fused-ring (bicyclic) bond motifs is 6. The van der Waals surface area contributed by atoms with E-state index in [0.29, 0.717) is 62.8 Å². The summed E-state index contributed by atoms with van der Waals surface area (Å²) in [6.45, 7) is 5.39. The SMILES string of the molecule is [2H]C([2H])([2H])c1cccc(C)c1-n1c(-c2cccc(-c3c(C)n4c(C)c(C([2H])([2H])[2H])nc4n3C)[n+]2C)[n+](C)c2ccccc21.[2H]C([2H])([2H])c1cccc(C)c1-n1cc[n+](C)c1-c1cccc(-c2c(C)n3c(C)c(C([2H])([2H])[2H])nc3n2C)[n+]1C.[2H]C([2H])([2H])c1nc2n(C)c(-c3cccc(-c4n(C)c5ccccc5[n+]4C)[n+]3C)c(C)n2c1C.[2H]C([2H])([2H])c1nc2n(C)c(-c3cccc(-c4n(C)cc[n+]4C)[n+]3C)c(C)n2c1C. The van der Waals surface area contributed by atoms with Gasteiger partial charge in [-0.15, -0.1) is 0 Å². The van der Waals surface area contributed by atoms with E-state index in [1.807, 2.05) is 282 Å². The molecule has 126 heavy (non-hydrogen) atoms. The molecule has 24 heteroatoms. The molecule has 20 rings (SSSR count). The number of hydrogen-bond donors (Lipinski definition) is 0. The van der Waals surface area contributed by atoms with Crippen molar-refractivity contribution in [2.24, 2.45) is 98.7 Å². The second-order valence-electron chi connectivity index (χ2n) is 33.1. The van der Waals surface area contributed by atoms with Gasteiger partial charge in [0, 0.05) is 124 Å². The molecular weight excluding hydrogens is 1560 g/mol. The minimum Gasteiger partial charge on any atom is -0.308 e. The number of nitrogens with zero attached hydrogens (tertiary/aromatic N) is 24. The van der Waals surface area contributed by atoms with Crippen molar-refractivity contribution in [3.63, 3.8) is 0 Å². The normalized spacial score (nSPS) is 14.4. The van der Waals surface area contributed by atoms with Gasteiger partial charge in [-0.2, -0.15) is 27.4 Å². The molecule has 640 valence electrons. The van der Waals surface area contributed by atoms with Crippen LogP contribution < -0.4 is 36.5 Å². The van der Waals surface area contributed by atoms with E-state index in [9.17, 15) is 0 Å². The van der Waals surface area contributed by atoms with E-state index in [1.54, 1.807) is 38.1 Å². The van der Waals surface area contributed by atoms with Crippen molar-refractivity contribution in [1.29, 1.82) is 0 Å². The van der Waals surface area contributed by atoms with Crippen LogP contribution in [0.25, 0.3) is 148 Å². The van der Waals surface area contributed by atoms with Crippen LogP contribution in [0.1, 0.15) is 115 Å². The Morgan fingerprint density at radius 1 is 0.270 bits per heavy atom. The summed E-state index contributed by atoms with van der Waals surface area (Å²) in [5.41, 5.74) is 26.0. The van der Waals surface area contributed by atoms with E-state index in [0.717, 1.165) is 137 Å². The first kappa shape index (κ1) is 64.6. The van der Waals surface area contributed by atoms with Crippen LogP contribution in [0.4, 0.5) is 0 Å². The Morgan fingerprint density at radius 2 is 0.579 bits per heavy atom. The Balaban J connectivity index is 0.000000133. The van der Waals surface area contributed by atoms with Gasteiger partial charge in [0.15, 0.2) is 22.1 Å². The maximum absolute atomic E-state index is 8.36. The van der Waals surface area contributed by atoms with Gasteiger partial charge >= 0.3 is 23.3 Å². The zero-order valence-electron chi connectivity index (χ0n) is 94.1. The topological polar surface area (TPSA) is 140 Å². The Kier molecular flexibility index (Phi) is 16.2. The second kappa shape index (κ2) is 31.6. The zero-order chi connectivity index (χ0) is 105. The molecule has 0 N–H and O–H groups in total. The average molecular weight is 1700 g/mol. The first-order chi connectivity index (χ1) is 67.4. The minimum absolute atomic E-state index is 0.103. The smallest absolute Gasteiger partial charge is 0.308 e. The monoisotopic (exact) mass is 1700 g/mol. The fourth-order valence-electron chi connectivity index (χ4n) is 19.4. The van der Waals surface area contributed by atoms with E-state index in [-0.39, 0.29) is 28.3 Å². The number of aromatic nitrogens is 24. The Hall–Kier alpha value is -14.2. The van der Waals surface area contributed by atoms with Gasteiger partial charge in [0.2, 0.25) is 45.9 Å². The van der Waals surface area contributed by atoms with Crippen LogP contribution in [0.2, 0.25) is 0 Å². The van der Waals surface area contributed by atoms with Crippen molar-refractivity contribution in [2.75, 3.05) is 0 Å². The molecule has 0 aliphatic rings. The minimum atomic E-state index is -2.31. The molecule has 20 aromatic rings. The third-order valence-corrected chi connectivity index (χ3v) is 25.8. The molecule has 16 heterocycles. The molecule has 0 radical (unpaired) electrons. The maximum Gasteiger partial charge on any atom is 0.360 e. The summed E-state index contributed by atoms with van der Waals surface area (Å²) in [7, 11) is 27.9. The highest BCUT2D eigenvalue weighted by atomic mass is 15.3. The summed E-state index contributed by atoms with van der Waals surface area (Å²) in [4.78, 5) is 18.0. The average Bonchev–Trinajstić information content (AvgIpc) is 1.57. The molecule has 24 nitrogen and oxygen atoms in total. The Labute approximate surface area is 762 Å². The zero-order valence-corrected chi connectivity index (χ0v) is 76.1. The second-order valence-corrected chi connectivity index (χ2v) is 33.1. The van der Waals surface area contributed by atoms with Gasteiger partial charge in [-0.25, -0.2) is 47.3 Å². The standard InChI is InChI=1S/C31H34N6.C27H32N6.C24H28N6.C20H26N6/c1-19-13-11-14-20(2)28(19)37-25-16-10-9-15-24(25)34(7)30(37)27-18-12-17-26(33(27)6)29-23(5)36-22(4)21(3)32-31(36)35(29)8;1-17-11-9-12-18(2)24(17)32-16-15-29(6)26(32)23-14-10-13-22(30(23)7)25-21(5)33-20(4)19(3)28-27(33)31(25)8;1-15-16(2)30-17(3)22(29(7)24(30)25-15)20-13-10-14-21(26(20)4)23-27(5)18-11-8-9-12-19(18)28(23)6;1-13-14(2)26-15(3)18(25(7)20(26)21-13)16-9-8-10-17(24(16)6)19-22(4)11-12-23(19)5/h9-18H,1-8H3;9-16H,1-8H3;8-14H,1-7H3;8-12H,1-7H3/q4*+2/i2*1D3,3D3;2*1D3. The lowest BCUT2D eigenvalue weighted by Crippen LogP contribution is -2.40. The van der Waals surface area contributed by atoms with E-state index in [4.69, 9.17) is 24.7 Å². The number of imidazole rings is 12. The molecule has 0 saturated carbocycles. The molecule has 0 aliphatic heterocycles. The quantitative estimate of drug-likeness (QED) is 0.126. The van der Waals surface area contributed by atoms with Crippen molar-refractivity contribution in [3.05, 3.63) is 273 Å². The van der Waals surface area contributed by atoms with Crippen LogP contribution in [0.15, 0.2) is 183 Å². The predicted octanol–water partition coefficient (Wildman–Crippen LogP) is 14.1. The number of pyridine rings is 4. The summed E-state index contributed by atoms with van der Waals surface area (Å²) >= 11 is 0. The van der Waals surface area contributed by atoms with Crippen LogP contribution in [0.3, 0.4) is 0 Å². The molecule has 0 fully saturated rings. The summed E-state index contributed by atoms with van der Waals surface area (Å²) in [6.07, 6.45) is 7.87. The molecule has 16 aromatic heterocycles. The summed E-state index contributed by atoms with van der Waals surface area (Å²) in [5.74, 6) is 6.21. The van der Waals surface area contributed by atoms with Crippen LogP contribution in [-0.4, -0.2) is 74.1 Å². The van der Waals surface area contributed by atoms with Crippen LogP contribution in [0.5, 0.6) is 0 Å². The van der Waals surface area contributed by atoms with Gasteiger partial charge in [0.05, 0.1) is 87.8 Å². The third-order valence-electron chi connectivity index (χ3n) is 25.8. The van der Waals surface area contributed by atoms with Gasteiger partial charge in [0.1, 0.15) is 87.1 Å². The summed E-state index contributed by atoms with van der Waals surface area (Å²) < 4.78 is 184. The summed E-state index contributed by atoms with van der Waals surface area (Å²) in [5, 5.41) is 0. The molecular formula is C102H120N24+8. The Morgan fingerprint density at radius 3 is 0.952 bits per heavy atom. The molecule has 0 amide bonds. The van der Waals surface area contributed by atoms with E-state index < -0.39 is 41.1 Å². The Bertz CT molecular complexity index is 8550. The number of aryl methyl sites for hydroxylation is 26. The highest BCUT2D eigenvalue weighted by molar-refractivity contribution is 5.80. The van der Waals surface area contributed by atoms with E-state index in [1.165, 1.54) is 11.0 Å². The highest BCUT2D eigenvalue weighted by Crippen LogP contribution is 2.36. The molecule has 0 bridgehead atoms. The fourth-order valence-corrected chi connectivity index (χ4v) is 19.4. The van der Waals surface area contributed by atoms with Crippen molar-refractivity contribution in [3.8, 4) is 103 Å². The summed E-state index contributed by atoms with van der Waals surface area (Å²) in [6, 6.07) is 51.7. The number of benzene rings is 4. The maximum atomic E-state index is 8.36. The number of para-hydroxylation sites is 6. The van der Waals surface area contributed by atoms with Crippen LogP contribution in [0, 0.1) is 110 Å². The molecule has 0 aliphatic carbocycles. The number of rotatable bonds is 10. The lowest BCUT2D eigenvalue weighted by molar-refractivity contribution is -0.685. The first-order valence-electron chi connectivity index (χ1n) is 50.8. The lowest BCUT2D eigenvalue weighted by atomic mass is 10.1. The highest BCUT2D eigenvalue weighted by Gasteiger charge is 2.39. The van der Waals surface area contributed by atoms with E-state index in [2.05, 4.69) is 141 Å². The molecule has 0 unspecified atom stereocenters. The first-order valence-corrected chi connectivity index (χ1v) is 41.8.